The van der Waals surface area contributed by atoms with Crippen molar-refractivity contribution in [3.05, 3.63) is 59.7 Å². The third-order valence-corrected chi connectivity index (χ3v) is 6.64. The molecule has 1 heterocycles. The molecule has 7 heteroatoms. The third-order valence-electron chi connectivity index (χ3n) is 4.72. The van der Waals surface area contributed by atoms with Gasteiger partial charge in [0.25, 0.3) is 0 Å². The molecule has 1 fully saturated rings. The van der Waals surface area contributed by atoms with E-state index in [4.69, 9.17) is 4.74 Å². The molecular weight excluding hydrogens is 362 g/mol. The van der Waals surface area contributed by atoms with Crippen LogP contribution in [0.4, 0.5) is 0 Å². The van der Waals surface area contributed by atoms with E-state index in [0.29, 0.717) is 30.3 Å². The Kier molecular flexibility index (Phi) is 6.16. The zero-order valence-electron chi connectivity index (χ0n) is 16.1. The summed E-state index contributed by atoms with van der Waals surface area (Å²) in [4.78, 5) is 2.38. The molecule has 0 aromatic heterocycles. The SMILES string of the molecule is COc1ccccc1C1CNCCN1S(=O)(=O)c1ccc(CN(C)C)cc1. The Morgan fingerprint density at radius 2 is 1.85 bits per heavy atom. The molecule has 0 bridgehead atoms. The molecule has 1 atom stereocenters. The number of sulfonamides is 1. The topological polar surface area (TPSA) is 61.9 Å². The number of piperazine rings is 1. The highest BCUT2D eigenvalue weighted by molar-refractivity contribution is 7.89. The van der Waals surface area contributed by atoms with E-state index < -0.39 is 10.0 Å². The van der Waals surface area contributed by atoms with Gasteiger partial charge in [0.05, 0.1) is 18.0 Å². The van der Waals surface area contributed by atoms with Crippen LogP contribution in [-0.4, -0.2) is 58.5 Å². The van der Waals surface area contributed by atoms with Crippen LogP contribution >= 0.6 is 0 Å². The molecule has 1 N–H and O–H groups in total. The van der Waals surface area contributed by atoms with Crippen LogP contribution in [0.15, 0.2) is 53.4 Å². The summed E-state index contributed by atoms with van der Waals surface area (Å²) in [6.07, 6.45) is 0. The summed E-state index contributed by atoms with van der Waals surface area (Å²) < 4.78 is 33.8. The van der Waals surface area contributed by atoms with Gasteiger partial charge in [0.1, 0.15) is 5.75 Å². The summed E-state index contributed by atoms with van der Waals surface area (Å²) in [6.45, 7) is 2.38. The highest BCUT2D eigenvalue weighted by Crippen LogP contribution is 2.33. The highest BCUT2D eigenvalue weighted by Gasteiger charge is 2.35. The van der Waals surface area contributed by atoms with Crippen molar-refractivity contribution in [2.24, 2.45) is 0 Å². The van der Waals surface area contributed by atoms with Crippen molar-refractivity contribution in [2.75, 3.05) is 40.8 Å². The molecule has 0 spiro atoms. The Hall–Kier alpha value is -1.93. The van der Waals surface area contributed by atoms with Crippen LogP contribution < -0.4 is 10.1 Å². The smallest absolute Gasteiger partial charge is 0.243 e. The maximum absolute atomic E-state index is 13.4. The van der Waals surface area contributed by atoms with Gasteiger partial charge in [-0.15, -0.1) is 0 Å². The predicted molar refractivity (Wildman–Crippen MR) is 106 cm³/mol. The molecular formula is C20H27N3O3S. The van der Waals surface area contributed by atoms with Gasteiger partial charge in [0, 0.05) is 31.7 Å². The lowest BCUT2D eigenvalue weighted by molar-refractivity contribution is 0.264. The molecule has 1 aliphatic rings. The molecule has 3 rings (SSSR count). The first-order chi connectivity index (χ1) is 12.9. The molecule has 1 saturated heterocycles. The molecule has 0 radical (unpaired) electrons. The molecule has 1 unspecified atom stereocenters. The molecule has 146 valence electrons. The summed E-state index contributed by atoms with van der Waals surface area (Å²) >= 11 is 0. The van der Waals surface area contributed by atoms with Crippen LogP contribution in [-0.2, 0) is 16.6 Å². The molecule has 1 aliphatic heterocycles. The first-order valence-electron chi connectivity index (χ1n) is 9.02. The second-order valence-electron chi connectivity index (χ2n) is 6.96. The summed E-state index contributed by atoms with van der Waals surface area (Å²) in [5, 5.41) is 3.30. The van der Waals surface area contributed by atoms with Gasteiger partial charge in [-0.3, -0.25) is 0 Å². The van der Waals surface area contributed by atoms with E-state index in [1.807, 2.05) is 50.5 Å². The average Bonchev–Trinajstić information content (AvgIpc) is 2.68. The van der Waals surface area contributed by atoms with Gasteiger partial charge in [-0.25, -0.2) is 8.42 Å². The lowest BCUT2D eigenvalue weighted by Gasteiger charge is -2.36. The van der Waals surface area contributed by atoms with Gasteiger partial charge in [0.15, 0.2) is 0 Å². The minimum absolute atomic E-state index is 0.304. The summed E-state index contributed by atoms with van der Waals surface area (Å²) in [5.41, 5.74) is 1.96. The van der Waals surface area contributed by atoms with E-state index in [1.54, 1.807) is 23.5 Å². The van der Waals surface area contributed by atoms with E-state index in [-0.39, 0.29) is 6.04 Å². The van der Waals surface area contributed by atoms with Gasteiger partial charge in [-0.1, -0.05) is 30.3 Å². The summed E-state index contributed by atoms with van der Waals surface area (Å²) in [5.74, 6) is 0.702. The van der Waals surface area contributed by atoms with Crippen molar-refractivity contribution in [1.82, 2.24) is 14.5 Å². The molecule has 0 saturated carbocycles. The zero-order valence-corrected chi connectivity index (χ0v) is 16.9. The Bertz CT molecular complexity index is 866. The first kappa shape index (κ1) is 19.8. The van der Waals surface area contributed by atoms with Crippen molar-refractivity contribution in [3.8, 4) is 5.75 Å². The Labute approximate surface area is 161 Å². The number of nitrogens with zero attached hydrogens (tertiary/aromatic N) is 2. The number of ether oxygens (including phenoxy) is 1. The van der Waals surface area contributed by atoms with E-state index in [9.17, 15) is 8.42 Å². The van der Waals surface area contributed by atoms with E-state index >= 15 is 0 Å². The molecule has 27 heavy (non-hydrogen) atoms. The quantitative estimate of drug-likeness (QED) is 0.820. The van der Waals surface area contributed by atoms with Crippen LogP contribution in [0.1, 0.15) is 17.2 Å². The zero-order chi connectivity index (χ0) is 19.4. The largest absolute Gasteiger partial charge is 0.496 e. The lowest BCUT2D eigenvalue weighted by Crippen LogP contribution is -2.48. The van der Waals surface area contributed by atoms with E-state index in [2.05, 4.69) is 10.2 Å². The summed E-state index contributed by atoms with van der Waals surface area (Å²) in [7, 11) is 1.98. The third kappa shape index (κ3) is 4.32. The lowest BCUT2D eigenvalue weighted by atomic mass is 10.0. The van der Waals surface area contributed by atoms with Crippen LogP contribution in [0.5, 0.6) is 5.75 Å². The van der Waals surface area contributed by atoms with Crippen molar-refractivity contribution in [3.63, 3.8) is 0 Å². The minimum atomic E-state index is -3.61. The van der Waals surface area contributed by atoms with E-state index in [0.717, 1.165) is 17.7 Å². The standard InChI is InChI=1S/C20H27N3O3S/c1-22(2)15-16-8-10-17(11-9-16)27(24,25)23-13-12-21-14-19(23)18-6-4-5-7-20(18)26-3/h4-11,19,21H,12-15H2,1-3H3. The van der Waals surface area contributed by atoms with Crippen molar-refractivity contribution in [2.45, 2.75) is 17.5 Å². The number of hydrogen-bond donors (Lipinski definition) is 1. The number of para-hydroxylation sites is 1. The van der Waals surface area contributed by atoms with E-state index in [1.165, 1.54) is 0 Å². The summed E-state index contributed by atoms with van der Waals surface area (Å²) in [6, 6.07) is 14.5. The fraction of sp³-hybridized carbons (Fsp3) is 0.400. The molecule has 0 aliphatic carbocycles. The Morgan fingerprint density at radius 3 is 2.52 bits per heavy atom. The van der Waals surface area contributed by atoms with Crippen molar-refractivity contribution in [1.29, 1.82) is 0 Å². The van der Waals surface area contributed by atoms with Crippen molar-refractivity contribution >= 4 is 10.0 Å². The predicted octanol–water partition coefficient (Wildman–Crippen LogP) is 2.09. The van der Waals surface area contributed by atoms with Crippen LogP contribution in [0.2, 0.25) is 0 Å². The monoisotopic (exact) mass is 389 g/mol. The van der Waals surface area contributed by atoms with Gasteiger partial charge >= 0.3 is 0 Å². The highest BCUT2D eigenvalue weighted by atomic mass is 32.2. The van der Waals surface area contributed by atoms with Crippen molar-refractivity contribution < 1.29 is 13.2 Å². The Morgan fingerprint density at radius 1 is 1.15 bits per heavy atom. The number of nitrogens with one attached hydrogen (secondary N) is 1. The van der Waals surface area contributed by atoms with Crippen LogP contribution in [0.25, 0.3) is 0 Å². The minimum Gasteiger partial charge on any atom is -0.496 e. The normalized spacial score (nSPS) is 18.6. The molecule has 2 aromatic rings. The average molecular weight is 390 g/mol. The fourth-order valence-corrected chi connectivity index (χ4v) is 5.05. The number of hydrogen-bond acceptors (Lipinski definition) is 5. The Balaban J connectivity index is 1.93. The fourth-order valence-electron chi connectivity index (χ4n) is 3.45. The van der Waals surface area contributed by atoms with Gasteiger partial charge in [0.2, 0.25) is 10.0 Å². The number of benzene rings is 2. The second-order valence-corrected chi connectivity index (χ2v) is 8.85. The molecule has 0 amide bonds. The number of methoxy groups -OCH3 is 1. The molecule has 6 nitrogen and oxygen atoms in total. The van der Waals surface area contributed by atoms with Crippen LogP contribution in [0, 0.1) is 0 Å². The molecule has 2 aromatic carbocycles. The van der Waals surface area contributed by atoms with Gasteiger partial charge < -0.3 is 15.0 Å². The first-order valence-corrected chi connectivity index (χ1v) is 10.5. The van der Waals surface area contributed by atoms with Crippen LogP contribution in [0.3, 0.4) is 0 Å². The maximum atomic E-state index is 13.4. The maximum Gasteiger partial charge on any atom is 0.243 e. The van der Waals surface area contributed by atoms with Gasteiger partial charge in [-0.2, -0.15) is 4.31 Å². The second kappa shape index (κ2) is 8.39. The van der Waals surface area contributed by atoms with Gasteiger partial charge in [-0.05, 0) is 37.9 Å². The number of rotatable bonds is 6.